The number of ether oxygens (including phenoxy) is 1. The molecule has 0 radical (unpaired) electrons. The summed E-state index contributed by atoms with van der Waals surface area (Å²) in [6.07, 6.45) is 1.32. The number of hydrogen-bond acceptors (Lipinski definition) is 5. The minimum Gasteiger partial charge on any atom is -0.373 e. The highest BCUT2D eigenvalue weighted by molar-refractivity contribution is 6.04. The Hall–Kier alpha value is -2.22. The van der Waals surface area contributed by atoms with E-state index in [2.05, 4.69) is 45.6 Å². The molecule has 0 aliphatic carbocycles. The molecule has 7 heteroatoms. The predicted molar refractivity (Wildman–Crippen MR) is 104 cm³/mol. The summed E-state index contributed by atoms with van der Waals surface area (Å²) >= 11 is 0. The number of aromatic amines is 1. The van der Waals surface area contributed by atoms with Crippen LogP contribution in [0.2, 0.25) is 0 Å². The summed E-state index contributed by atoms with van der Waals surface area (Å²) in [4.78, 5) is 15.2. The second kappa shape index (κ2) is 7.80. The first kappa shape index (κ1) is 18.2. The van der Waals surface area contributed by atoms with Crippen molar-refractivity contribution >= 4 is 11.6 Å². The zero-order valence-electron chi connectivity index (χ0n) is 15.9. The molecule has 2 aromatic rings. The monoisotopic (exact) mass is 369 g/mol. The zero-order chi connectivity index (χ0) is 18.8. The number of carbonyl (C=O) groups excluding carboxylic acids is 1. The van der Waals surface area contributed by atoms with E-state index in [4.69, 9.17) is 4.74 Å². The van der Waals surface area contributed by atoms with Crippen LogP contribution in [0.15, 0.2) is 24.3 Å². The number of morpholine rings is 1. The molecule has 2 aliphatic heterocycles. The number of aromatic nitrogens is 2. The van der Waals surface area contributed by atoms with E-state index < -0.39 is 0 Å². The van der Waals surface area contributed by atoms with Crippen molar-refractivity contribution in [1.82, 2.24) is 20.4 Å². The van der Waals surface area contributed by atoms with Crippen molar-refractivity contribution in [3.05, 3.63) is 46.8 Å². The van der Waals surface area contributed by atoms with Crippen LogP contribution in [0, 0.1) is 0 Å². The number of anilines is 1. The number of benzene rings is 1. The normalized spacial score (nSPS) is 23.0. The van der Waals surface area contributed by atoms with Crippen molar-refractivity contribution in [1.29, 1.82) is 0 Å². The Kier molecular flexibility index (Phi) is 5.24. The van der Waals surface area contributed by atoms with Crippen LogP contribution in [0.4, 0.5) is 5.69 Å². The van der Waals surface area contributed by atoms with Crippen LogP contribution in [0.25, 0.3) is 0 Å². The van der Waals surface area contributed by atoms with Gasteiger partial charge in [0, 0.05) is 56.1 Å². The molecule has 2 atom stereocenters. The van der Waals surface area contributed by atoms with Gasteiger partial charge in [0.15, 0.2) is 5.69 Å². The number of amides is 1. The van der Waals surface area contributed by atoms with Gasteiger partial charge < -0.3 is 15.4 Å². The third-order valence-corrected chi connectivity index (χ3v) is 5.18. The average Bonchev–Trinajstić information content (AvgIpc) is 3.07. The molecule has 3 N–H and O–H groups in total. The SMILES string of the molecule is CC1CN(Cc2ccccc2NC(=O)c2n[nH]c3c2CNCC3)CC(C)O1. The number of para-hydroxylation sites is 1. The van der Waals surface area contributed by atoms with E-state index in [-0.39, 0.29) is 18.1 Å². The Morgan fingerprint density at radius 1 is 1.30 bits per heavy atom. The molecule has 1 saturated heterocycles. The first-order chi connectivity index (χ1) is 13.1. The average molecular weight is 369 g/mol. The molecule has 144 valence electrons. The summed E-state index contributed by atoms with van der Waals surface area (Å²) in [6.45, 7) is 8.37. The molecule has 1 aromatic heterocycles. The Balaban J connectivity index is 1.49. The van der Waals surface area contributed by atoms with Crippen LogP contribution in [0.3, 0.4) is 0 Å². The molecule has 7 nitrogen and oxygen atoms in total. The molecule has 1 amide bonds. The minimum atomic E-state index is -0.160. The van der Waals surface area contributed by atoms with Gasteiger partial charge in [-0.25, -0.2) is 0 Å². The van der Waals surface area contributed by atoms with Crippen molar-refractivity contribution in [2.45, 2.75) is 45.6 Å². The summed E-state index contributed by atoms with van der Waals surface area (Å²) < 4.78 is 5.82. The lowest BCUT2D eigenvalue weighted by Gasteiger charge is -2.35. The van der Waals surface area contributed by atoms with E-state index in [9.17, 15) is 4.79 Å². The van der Waals surface area contributed by atoms with E-state index in [1.54, 1.807) is 0 Å². The second-order valence-corrected chi connectivity index (χ2v) is 7.52. The Bertz CT molecular complexity index is 808. The molecule has 0 bridgehead atoms. The van der Waals surface area contributed by atoms with Gasteiger partial charge in [0.2, 0.25) is 0 Å². The number of fused-ring (bicyclic) bond motifs is 1. The van der Waals surface area contributed by atoms with Crippen LogP contribution in [-0.4, -0.2) is 52.8 Å². The lowest BCUT2D eigenvalue weighted by molar-refractivity contribution is -0.0704. The fraction of sp³-hybridized carbons (Fsp3) is 0.500. The maximum absolute atomic E-state index is 12.8. The van der Waals surface area contributed by atoms with E-state index in [1.807, 2.05) is 18.2 Å². The van der Waals surface area contributed by atoms with Crippen LogP contribution in [0.1, 0.15) is 41.2 Å². The van der Waals surface area contributed by atoms with Gasteiger partial charge in [-0.3, -0.25) is 14.8 Å². The molecule has 2 aliphatic rings. The smallest absolute Gasteiger partial charge is 0.276 e. The number of rotatable bonds is 4. The van der Waals surface area contributed by atoms with Gasteiger partial charge in [0.05, 0.1) is 12.2 Å². The molecule has 1 fully saturated rings. The first-order valence-electron chi connectivity index (χ1n) is 9.64. The third-order valence-electron chi connectivity index (χ3n) is 5.18. The lowest BCUT2D eigenvalue weighted by Crippen LogP contribution is -2.44. The van der Waals surface area contributed by atoms with Gasteiger partial charge in [0.1, 0.15) is 0 Å². The van der Waals surface area contributed by atoms with E-state index >= 15 is 0 Å². The first-order valence-corrected chi connectivity index (χ1v) is 9.64. The van der Waals surface area contributed by atoms with Gasteiger partial charge in [-0.05, 0) is 25.5 Å². The number of H-pyrrole nitrogens is 1. The highest BCUT2D eigenvalue weighted by atomic mass is 16.5. The van der Waals surface area contributed by atoms with Crippen molar-refractivity contribution in [2.24, 2.45) is 0 Å². The van der Waals surface area contributed by atoms with Crippen molar-refractivity contribution in [2.75, 3.05) is 25.0 Å². The van der Waals surface area contributed by atoms with Crippen LogP contribution >= 0.6 is 0 Å². The molecule has 1 aromatic carbocycles. The van der Waals surface area contributed by atoms with Crippen LogP contribution < -0.4 is 10.6 Å². The predicted octanol–water partition coefficient (Wildman–Crippen LogP) is 1.92. The fourth-order valence-corrected chi connectivity index (χ4v) is 4.03. The van der Waals surface area contributed by atoms with Gasteiger partial charge in [-0.2, -0.15) is 5.10 Å². The fourth-order valence-electron chi connectivity index (χ4n) is 4.03. The zero-order valence-corrected chi connectivity index (χ0v) is 15.9. The molecule has 0 saturated carbocycles. The summed E-state index contributed by atoms with van der Waals surface area (Å²) in [5, 5.41) is 13.6. The van der Waals surface area contributed by atoms with Gasteiger partial charge in [-0.1, -0.05) is 18.2 Å². The van der Waals surface area contributed by atoms with Gasteiger partial charge in [-0.15, -0.1) is 0 Å². The number of nitrogens with zero attached hydrogens (tertiary/aromatic N) is 2. The van der Waals surface area contributed by atoms with E-state index in [0.29, 0.717) is 12.2 Å². The molecule has 0 spiro atoms. The largest absolute Gasteiger partial charge is 0.373 e. The Morgan fingerprint density at radius 2 is 2.07 bits per heavy atom. The topological polar surface area (TPSA) is 82.3 Å². The molecule has 2 unspecified atom stereocenters. The summed E-state index contributed by atoms with van der Waals surface area (Å²) in [5.74, 6) is -0.160. The summed E-state index contributed by atoms with van der Waals surface area (Å²) in [7, 11) is 0. The maximum Gasteiger partial charge on any atom is 0.276 e. The van der Waals surface area contributed by atoms with E-state index in [1.165, 1.54) is 0 Å². The third kappa shape index (κ3) is 4.05. The van der Waals surface area contributed by atoms with Crippen molar-refractivity contribution < 1.29 is 9.53 Å². The molecular formula is C20H27N5O2. The maximum atomic E-state index is 12.8. The quantitative estimate of drug-likeness (QED) is 0.767. The summed E-state index contributed by atoms with van der Waals surface area (Å²) in [5.41, 5.74) is 4.47. The minimum absolute atomic E-state index is 0.160. The van der Waals surface area contributed by atoms with Gasteiger partial charge >= 0.3 is 0 Å². The highest BCUT2D eigenvalue weighted by Crippen LogP contribution is 2.22. The lowest BCUT2D eigenvalue weighted by atomic mass is 10.1. The van der Waals surface area contributed by atoms with E-state index in [0.717, 1.165) is 55.1 Å². The summed E-state index contributed by atoms with van der Waals surface area (Å²) in [6, 6.07) is 7.99. The Labute approximate surface area is 159 Å². The molecule has 3 heterocycles. The van der Waals surface area contributed by atoms with Crippen LogP contribution in [-0.2, 0) is 24.2 Å². The molecule has 4 rings (SSSR count). The standard InChI is InChI=1S/C20H27N5O2/c1-13-10-25(11-14(2)27-13)12-15-5-3-4-6-17(15)22-20(26)19-16-9-21-8-7-18(16)23-24-19/h3-6,13-14,21H,7-12H2,1-2H3,(H,22,26)(H,23,24). The van der Waals surface area contributed by atoms with Crippen LogP contribution in [0.5, 0.6) is 0 Å². The van der Waals surface area contributed by atoms with Gasteiger partial charge in [0.25, 0.3) is 5.91 Å². The highest BCUT2D eigenvalue weighted by Gasteiger charge is 2.24. The Morgan fingerprint density at radius 3 is 2.89 bits per heavy atom. The van der Waals surface area contributed by atoms with Crippen molar-refractivity contribution in [3.8, 4) is 0 Å². The number of carbonyl (C=O) groups is 1. The number of nitrogens with one attached hydrogen (secondary N) is 3. The molecule has 27 heavy (non-hydrogen) atoms. The van der Waals surface area contributed by atoms with Crippen molar-refractivity contribution in [3.63, 3.8) is 0 Å². The second-order valence-electron chi connectivity index (χ2n) is 7.52. The number of hydrogen-bond donors (Lipinski definition) is 3. The molecular weight excluding hydrogens is 342 g/mol.